The second-order valence-corrected chi connectivity index (χ2v) is 14.0. The molecular formula is C27H29ClF3N5O5S. The van der Waals surface area contributed by atoms with Crippen LogP contribution in [0.2, 0.25) is 5.02 Å². The number of para-hydroxylation sites is 1. The molecule has 0 aromatic heterocycles. The molecule has 10 nitrogen and oxygen atoms in total. The van der Waals surface area contributed by atoms with Crippen LogP contribution >= 0.6 is 11.6 Å². The molecule has 3 fully saturated rings. The molecule has 3 saturated carbocycles. The van der Waals surface area contributed by atoms with Crippen LogP contribution in [-0.4, -0.2) is 59.2 Å². The number of benzene rings is 2. The Morgan fingerprint density at radius 2 is 1.79 bits per heavy atom. The SMILES string of the molecule is CC1(C)NC(C23CC(N(Cc4ccc(Cl)cc4)S(=O)(=O)c4ccccc4[N+](=O)[O-])(C2)C3)=N[C@H]1C(=O)NCCC(F)(F)F. The first kappa shape index (κ1) is 30.2. The van der Waals surface area contributed by atoms with Crippen molar-refractivity contribution in [2.45, 2.75) is 74.3 Å². The van der Waals surface area contributed by atoms with Gasteiger partial charge < -0.3 is 10.6 Å². The minimum atomic E-state index is -4.40. The van der Waals surface area contributed by atoms with E-state index in [1.807, 2.05) is 0 Å². The summed E-state index contributed by atoms with van der Waals surface area (Å²) in [5, 5.41) is 17.7. The number of alkyl halides is 3. The molecule has 2 N–H and O–H groups in total. The molecule has 2 bridgehead atoms. The number of rotatable bonds is 10. The van der Waals surface area contributed by atoms with Crippen molar-refractivity contribution in [3.8, 4) is 0 Å². The van der Waals surface area contributed by atoms with E-state index in [9.17, 15) is 36.5 Å². The fourth-order valence-electron chi connectivity index (χ4n) is 6.23. The predicted octanol–water partition coefficient (Wildman–Crippen LogP) is 4.58. The van der Waals surface area contributed by atoms with Crippen molar-refractivity contribution in [1.82, 2.24) is 14.9 Å². The van der Waals surface area contributed by atoms with E-state index in [0.29, 0.717) is 35.7 Å². The Balaban J connectivity index is 1.40. The molecule has 2 aromatic carbocycles. The van der Waals surface area contributed by atoms with Gasteiger partial charge >= 0.3 is 6.18 Å². The minimum Gasteiger partial charge on any atom is -0.366 e. The van der Waals surface area contributed by atoms with Crippen molar-refractivity contribution in [3.05, 3.63) is 69.2 Å². The van der Waals surface area contributed by atoms with Crippen molar-refractivity contribution in [2.24, 2.45) is 10.4 Å². The van der Waals surface area contributed by atoms with Crippen molar-refractivity contribution in [2.75, 3.05) is 6.54 Å². The summed E-state index contributed by atoms with van der Waals surface area (Å²) in [4.78, 5) is 27.9. The van der Waals surface area contributed by atoms with E-state index in [1.165, 1.54) is 22.5 Å². The van der Waals surface area contributed by atoms with E-state index >= 15 is 0 Å². The second kappa shape index (κ2) is 10.2. The van der Waals surface area contributed by atoms with E-state index in [4.69, 9.17) is 11.6 Å². The second-order valence-electron chi connectivity index (χ2n) is 11.8. The molecule has 15 heteroatoms. The first-order chi connectivity index (χ1) is 19.5. The van der Waals surface area contributed by atoms with Gasteiger partial charge in [-0.25, -0.2) is 8.42 Å². The monoisotopic (exact) mass is 627 g/mol. The largest absolute Gasteiger partial charge is 0.390 e. The quantitative estimate of drug-likeness (QED) is 0.293. The van der Waals surface area contributed by atoms with Gasteiger partial charge in [0.05, 0.1) is 16.9 Å². The van der Waals surface area contributed by atoms with E-state index < -0.39 is 73.1 Å². The van der Waals surface area contributed by atoms with Crippen LogP contribution in [0.15, 0.2) is 58.4 Å². The number of nitro benzene ring substituents is 1. The lowest BCUT2D eigenvalue weighted by molar-refractivity contribution is -0.387. The standard InChI is InChI=1S/C27H29ClF3N5O5S/c1-24(2)21(22(37)32-12-11-27(29,30)31)33-23(34-24)25-14-26(15-25,16-25)35(13-17-7-9-18(28)10-8-17)42(40,41)20-6-4-3-5-19(20)36(38)39/h3-10,21H,11-16H2,1-2H3,(H,32,37)(H,33,34)/t21-,25?,26?/m0/s1. The maximum atomic E-state index is 14.1. The number of carbonyl (C=O) groups is 1. The van der Waals surface area contributed by atoms with Crippen molar-refractivity contribution in [1.29, 1.82) is 0 Å². The normalized spacial score (nSPS) is 26.1. The smallest absolute Gasteiger partial charge is 0.366 e. The number of amides is 1. The summed E-state index contributed by atoms with van der Waals surface area (Å²) >= 11 is 6.02. The summed E-state index contributed by atoms with van der Waals surface area (Å²) in [5.41, 5.74) is -2.14. The summed E-state index contributed by atoms with van der Waals surface area (Å²) in [5.74, 6) is -0.115. The summed E-state index contributed by atoms with van der Waals surface area (Å²) in [6.07, 6.45) is -4.48. The van der Waals surface area contributed by atoms with Gasteiger partial charge in [-0.3, -0.25) is 19.9 Å². The molecule has 42 heavy (non-hydrogen) atoms. The van der Waals surface area contributed by atoms with Crippen molar-refractivity contribution >= 4 is 39.1 Å². The summed E-state index contributed by atoms with van der Waals surface area (Å²) in [6.45, 7) is 2.85. The lowest BCUT2D eigenvalue weighted by Crippen LogP contribution is -2.78. The van der Waals surface area contributed by atoms with Crippen LogP contribution < -0.4 is 10.6 Å². The van der Waals surface area contributed by atoms with E-state index in [-0.39, 0.29) is 6.54 Å². The molecule has 1 amide bonds. The lowest BCUT2D eigenvalue weighted by Gasteiger charge is -2.72. The third-order valence-corrected chi connectivity index (χ3v) is 10.5. The number of hydrogen-bond acceptors (Lipinski definition) is 7. The Labute approximate surface area is 245 Å². The molecular weight excluding hydrogens is 599 g/mol. The topological polar surface area (TPSA) is 134 Å². The van der Waals surface area contributed by atoms with Gasteiger partial charge in [0, 0.05) is 35.1 Å². The number of halogens is 4. The summed E-state index contributed by atoms with van der Waals surface area (Å²) in [7, 11) is -4.34. The zero-order chi connectivity index (χ0) is 30.7. The Hall–Kier alpha value is -3.23. The number of hydrogen-bond donors (Lipinski definition) is 2. The van der Waals surface area contributed by atoms with Gasteiger partial charge in [0.25, 0.3) is 15.7 Å². The van der Waals surface area contributed by atoms with Crippen LogP contribution in [0, 0.1) is 15.5 Å². The highest BCUT2D eigenvalue weighted by molar-refractivity contribution is 7.89. The van der Waals surface area contributed by atoms with Gasteiger partial charge in [0.15, 0.2) is 10.9 Å². The lowest BCUT2D eigenvalue weighted by atomic mass is 9.38. The van der Waals surface area contributed by atoms with Crippen LogP contribution in [0.5, 0.6) is 0 Å². The summed E-state index contributed by atoms with van der Waals surface area (Å²) in [6, 6.07) is 10.9. The number of nitro groups is 1. The molecule has 0 spiro atoms. The molecule has 0 saturated heterocycles. The fourth-order valence-corrected chi connectivity index (χ4v) is 8.28. The van der Waals surface area contributed by atoms with Crippen LogP contribution in [0.1, 0.15) is 45.1 Å². The number of sulfonamides is 1. The van der Waals surface area contributed by atoms with Gasteiger partial charge in [0.2, 0.25) is 5.91 Å². The molecule has 226 valence electrons. The van der Waals surface area contributed by atoms with Gasteiger partial charge in [-0.1, -0.05) is 35.9 Å². The van der Waals surface area contributed by atoms with Gasteiger partial charge in [-0.15, -0.1) is 0 Å². The van der Waals surface area contributed by atoms with E-state index in [2.05, 4.69) is 15.6 Å². The average Bonchev–Trinajstić information content (AvgIpc) is 3.17. The van der Waals surface area contributed by atoms with Crippen LogP contribution in [-0.2, 0) is 21.4 Å². The average molecular weight is 628 g/mol. The Morgan fingerprint density at radius 3 is 2.38 bits per heavy atom. The van der Waals surface area contributed by atoms with Crippen molar-refractivity contribution in [3.63, 3.8) is 0 Å². The Kier molecular flexibility index (Phi) is 7.34. The molecule has 1 aliphatic heterocycles. The summed E-state index contributed by atoms with van der Waals surface area (Å²) < 4.78 is 67.1. The Bertz CT molecular complexity index is 1540. The molecule has 3 aliphatic carbocycles. The predicted molar refractivity (Wildman–Crippen MR) is 148 cm³/mol. The van der Waals surface area contributed by atoms with E-state index in [0.717, 1.165) is 6.07 Å². The zero-order valence-electron chi connectivity index (χ0n) is 22.7. The molecule has 6 rings (SSSR count). The Morgan fingerprint density at radius 1 is 1.17 bits per heavy atom. The maximum absolute atomic E-state index is 14.1. The molecule has 1 heterocycles. The number of nitrogens with zero attached hydrogens (tertiary/aromatic N) is 3. The van der Waals surface area contributed by atoms with Crippen LogP contribution in [0.25, 0.3) is 0 Å². The molecule has 0 radical (unpaired) electrons. The van der Waals surface area contributed by atoms with Gasteiger partial charge in [-0.05, 0) is 56.9 Å². The zero-order valence-corrected chi connectivity index (χ0v) is 24.3. The minimum absolute atomic E-state index is 0.0444. The molecule has 2 aromatic rings. The number of carbonyl (C=O) groups excluding carboxylic acids is 1. The third kappa shape index (κ3) is 5.35. The first-order valence-corrected chi connectivity index (χ1v) is 15.0. The highest BCUT2D eigenvalue weighted by atomic mass is 35.5. The molecule has 1 atom stereocenters. The molecule has 4 aliphatic rings. The maximum Gasteiger partial charge on any atom is 0.390 e. The van der Waals surface area contributed by atoms with Crippen LogP contribution in [0.3, 0.4) is 0 Å². The molecule has 0 unspecified atom stereocenters. The highest BCUT2D eigenvalue weighted by Gasteiger charge is 2.75. The first-order valence-electron chi connectivity index (χ1n) is 13.2. The van der Waals surface area contributed by atoms with Crippen LogP contribution in [0.4, 0.5) is 18.9 Å². The van der Waals surface area contributed by atoms with Crippen molar-refractivity contribution < 1.29 is 31.3 Å². The number of amidine groups is 1. The third-order valence-electron chi connectivity index (χ3n) is 8.24. The van der Waals surface area contributed by atoms with Gasteiger partial charge in [-0.2, -0.15) is 17.5 Å². The van der Waals surface area contributed by atoms with E-state index in [1.54, 1.807) is 38.1 Å². The fraction of sp³-hybridized carbons (Fsp3) is 0.481. The highest BCUT2D eigenvalue weighted by Crippen LogP contribution is 2.71. The van der Waals surface area contributed by atoms with Gasteiger partial charge in [0.1, 0.15) is 5.84 Å². The number of nitrogens with one attached hydrogen (secondary N) is 2. The number of aliphatic imine (C=N–C) groups is 1.